The molecule has 0 aliphatic carbocycles. The van der Waals surface area contributed by atoms with Crippen LogP contribution in [0.15, 0.2) is 48.5 Å². The number of hydrogen-bond acceptors (Lipinski definition) is 4. The van der Waals surface area contributed by atoms with Gasteiger partial charge in [-0.05, 0) is 37.2 Å². The third kappa shape index (κ3) is 4.84. The van der Waals surface area contributed by atoms with Gasteiger partial charge in [-0.1, -0.05) is 36.4 Å². The van der Waals surface area contributed by atoms with Crippen LogP contribution in [0, 0.1) is 6.92 Å². The van der Waals surface area contributed by atoms with E-state index in [2.05, 4.69) is 34.5 Å². The van der Waals surface area contributed by atoms with Gasteiger partial charge < -0.3 is 15.0 Å². The van der Waals surface area contributed by atoms with Crippen molar-refractivity contribution in [3.8, 4) is 0 Å². The van der Waals surface area contributed by atoms with Crippen molar-refractivity contribution in [1.82, 2.24) is 4.90 Å². The lowest BCUT2D eigenvalue weighted by atomic mass is 10.1. The first kappa shape index (κ1) is 18.4. The molecular formula is C21H27N3O2. The number of carbonyl (C=O) groups is 1. The molecule has 1 amide bonds. The van der Waals surface area contributed by atoms with Crippen LogP contribution in [-0.4, -0.2) is 50.7 Å². The van der Waals surface area contributed by atoms with Gasteiger partial charge in [0.2, 0.25) is 5.91 Å². The normalized spacial score (nSPS) is 14.5. The molecule has 0 saturated carbocycles. The van der Waals surface area contributed by atoms with E-state index in [4.69, 9.17) is 4.74 Å². The molecule has 0 radical (unpaired) electrons. The second kappa shape index (κ2) is 8.83. The fraction of sp³-hybridized carbons (Fsp3) is 0.381. The van der Waals surface area contributed by atoms with Crippen molar-refractivity contribution in [2.75, 3.05) is 50.1 Å². The van der Waals surface area contributed by atoms with E-state index in [1.54, 1.807) is 0 Å². The van der Waals surface area contributed by atoms with E-state index < -0.39 is 0 Å². The van der Waals surface area contributed by atoms with E-state index in [-0.39, 0.29) is 5.91 Å². The van der Waals surface area contributed by atoms with Crippen molar-refractivity contribution in [3.05, 3.63) is 59.7 Å². The van der Waals surface area contributed by atoms with E-state index >= 15 is 0 Å². The number of anilines is 2. The van der Waals surface area contributed by atoms with Gasteiger partial charge in [0.25, 0.3) is 0 Å². The third-order valence-corrected chi connectivity index (χ3v) is 4.62. The number of benzene rings is 2. The number of ether oxygens (including phenoxy) is 1. The minimum absolute atomic E-state index is 0.00523. The first-order valence-corrected chi connectivity index (χ1v) is 9.08. The summed E-state index contributed by atoms with van der Waals surface area (Å²) in [6.07, 6.45) is 0. The van der Waals surface area contributed by atoms with Gasteiger partial charge in [-0.25, -0.2) is 0 Å². The first-order valence-electron chi connectivity index (χ1n) is 9.08. The van der Waals surface area contributed by atoms with E-state index in [9.17, 15) is 4.79 Å². The molecule has 3 rings (SSSR count). The van der Waals surface area contributed by atoms with Crippen molar-refractivity contribution in [2.45, 2.75) is 13.5 Å². The molecule has 5 nitrogen and oxygen atoms in total. The minimum atomic E-state index is 0.00523. The van der Waals surface area contributed by atoms with E-state index in [1.807, 2.05) is 43.1 Å². The van der Waals surface area contributed by atoms with Crippen LogP contribution in [0.2, 0.25) is 0 Å². The van der Waals surface area contributed by atoms with Crippen LogP contribution in [0.5, 0.6) is 0 Å². The van der Waals surface area contributed by atoms with E-state index in [0.717, 1.165) is 44.1 Å². The summed E-state index contributed by atoms with van der Waals surface area (Å²) in [6.45, 7) is 6.44. The van der Waals surface area contributed by atoms with Crippen LogP contribution < -0.4 is 10.2 Å². The van der Waals surface area contributed by atoms with Gasteiger partial charge in [0, 0.05) is 31.0 Å². The van der Waals surface area contributed by atoms with Crippen molar-refractivity contribution >= 4 is 17.3 Å². The van der Waals surface area contributed by atoms with Gasteiger partial charge in [0.15, 0.2) is 0 Å². The lowest BCUT2D eigenvalue weighted by Gasteiger charge is -2.31. The van der Waals surface area contributed by atoms with Gasteiger partial charge >= 0.3 is 0 Å². The molecule has 1 heterocycles. The van der Waals surface area contributed by atoms with Crippen LogP contribution in [0.4, 0.5) is 11.4 Å². The van der Waals surface area contributed by atoms with Gasteiger partial charge in [0.1, 0.15) is 0 Å². The maximum atomic E-state index is 12.4. The standard InChI is InChI=1S/C21H27N3O2/c1-17-7-3-5-9-19(17)22-21(25)16-23(2)15-18-8-4-6-10-20(18)24-11-13-26-14-12-24/h3-10H,11-16H2,1-2H3,(H,22,25). The smallest absolute Gasteiger partial charge is 0.238 e. The van der Waals surface area contributed by atoms with Gasteiger partial charge in [-0.3, -0.25) is 9.69 Å². The van der Waals surface area contributed by atoms with Gasteiger partial charge in [0.05, 0.1) is 19.8 Å². The van der Waals surface area contributed by atoms with Gasteiger partial charge in [-0.2, -0.15) is 0 Å². The Morgan fingerprint density at radius 3 is 2.58 bits per heavy atom. The lowest BCUT2D eigenvalue weighted by Crippen LogP contribution is -2.37. The topological polar surface area (TPSA) is 44.8 Å². The molecule has 0 bridgehead atoms. The van der Waals surface area contributed by atoms with Crippen molar-refractivity contribution < 1.29 is 9.53 Å². The number of carbonyl (C=O) groups excluding carboxylic acids is 1. The summed E-state index contributed by atoms with van der Waals surface area (Å²) in [4.78, 5) is 16.8. The number of rotatable bonds is 6. The van der Waals surface area contributed by atoms with Crippen LogP contribution in [-0.2, 0) is 16.1 Å². The number of hydrogen-bond donors (Lipinski definition) is 1. The molecular weight excluding hydrogens is 326 g/mol. The Balaban J connectivity index is 1.60. The first-order chi connectivity index (χ1) is 12.6. The molecule has 1 fully saturated rings. The molecule has 1 aliphatic rings. The molecule has 0 atom stereocenters. The number of nitrogens with zero attached hydrogens (tertiary/aromatic N) is 2. The van der Waals surface area contributed by atoms with Crippen molar-refractivity contribution in [3.63, 3.8) is 0 Å². The van der Waals surface area contributed by atoms with Crippen LogP contribution in [0.25, 0.3) is 0 Å². The Morgan fingerprint density at radius 1 is 1.12 bits per heavy atom. The molecule has 0 unspecified atom stereocenters. The molecule has 1 saturated heterocycles. The molecule has 0 aromatic heterocycles. The number of aryl methyl sites for hydroxylation is 1. The summed E-state index contributed by atoms with van der Waals surface area (Å²) in [7, 11) is 1.98. The number of amides is 1. The van der Waals surface area contributed by atoms with Crippen molar-refractivity contribution in [1.29, 1.82) is 0 Å². The highest BCUT2D eigenvalue weighted by molar-refractivity contribution is 5.92. The summed E-state index contributed by atoms with van der Waals surface area (Å²) >= 11 is 0. The fourth-order valence-electron chi connectivity index (χ4n) is 3.25. The summed E-state index contributed by atoms with van der Waals surface area (Å²) < 4.78 is 5.46. The Labute approximate surface area is 155 Å². The molecule has 26 heavy (non-hydrogen) atoms. The summed E-state index contributed by atoms with van der Waals surface area (Å²) in [5.74, 6) is 0.00523. The van der Waals surface area contributed by atoms with Crippen LogP contribution >= 0.6 is 0 Å². The average Bonchev–Trinajstić information content (AvgIpc) is 2.64. The largest absolute Gasteiger partial charge is 0.378 e. The zero-order chi connectivity index (χ0) is 18.4. The number of morpholine rings is 1. The minimum Gasteiger partial charge on any atom is -0.378 e. The predicted octanol–water partition coefficient (Wildman–Crippen LogP) is 2.90. The van der Waals surface area contributed by atoms with Crippen LogP contribution in [0.3, 0.4) is 0 Å². The maximum Gasteiger partial charge on any atom is 0.238 e. The zero-order valence-corrected chi connectivity index (χ0v) is 15.6. The number of nitrogens with one attached hydrogen (secondary N) is 1. The molecule has 1 aliphatic heterocycles. The lowest BCUT2D eigenvalue weighted by molar-refractivity contribution is -0.117. The Morgan fingerprint density at radius 2 is 1.81 bits per heavy atom. The predicted molar refractivity (Wildman–Crippen MR) is 106 cm³/mol. The number of likely N-dealkylation sites (N-methyl/N-ethyl adjacent to an activating group) is 1. The SMILES string of the molecule is Cc1ccccc1NC(=O)CN(C)Cc1ccccc1N1CCOCC1. The summed E-state index contributed by atoms with van der Waals surface area (Å²) in [6, 6.07) is 16.3. The number of para-hydroxylation sites is 2. The fourth-order valence-corrected chi connectivity index (χ4v) is 3.25. The highest BCUT2D eigenvalue weighted by Crippen LogP contribution is 2.22. The second-order valence-corrected chi connectivity index (χ2v) is 6.76. The highest BCUT2D eigenvalue weighted by atomic mass is 16.5. The third-order valence-electron chi connectivity index (χ3n) is 4.62. The zero-order valence-electron chi connectivity index (χ0n) is 15.6. The maximum absolute atomic E-state index is 12.4. The molecule has 2 aromatic carbocycles. The molecule has 2 aromatic rings. The summed E-state index contributed by atoms with van der Waals surface area (Å²) in [5, 5.41) is 3.00. The molecule has 0 spiro atoms. The average molecular weight is 353 g/mol. The Kier molecular flexibility index (Phi) is 6.26. The Bertz CT molecular complexity index is 742. The van der Waals surface area contributed by atoms with Crippen LogP contribution in [0.1, 0.15) is 11.1 Å². The quantitative estimate of drug-likeness (QED) is 0.867. The monoisotopic (exact) mass is 353 g/mol. The van der Waals surface area contributed by atoms with Crippen molar-refractivity contribution in [2.24, 2.45) is 0 Å². The van der Waals surface area contributed by atoms with Gasteiger partial charge in [-0.15, -0.1) is 0 Å². The molecule has 5 heteroatoms. The van der Waals surface area contributed by atoms with E-state index in [1.165, 1.54) is 11.3 Å². The molecule has 1 N–H and O–H groups in total. The second-order valence-electron chi connectivity index (χ2n) is 6.76. The Hall–Kier alpha value is -2.37. The summed E-state index contributed by atoms with van der Waals surface area (Å²) in [5.41, 5.74) is 4.42. The highest BCUT2D eigenvalue weighted by Gasteiger charge is 2.16. The molecule has 138 valence electrons. The van der Waals surface area contributed by atoms with E-state index in [0.29, 0.717) is 6.54 Å².